The third-order valence-electron chi connectivity index (χ3n) is 3.14. The van der Waals surface area contributed by atoms with E-state index in [0.717, 1.165) is 21.1 Å². The highest BCUT2D eigenvalue weighted by molar-refractivity contribution is 7.22. The molecule has 0 radical (unpaired) electrons. The molecule has 0 unspecified atom stereocenters. The Kier molecular flexibility index (Phi) is 3.66. The summed E-state index contributed by atoms with van der Waals surface area (Å²) in [5.74, 6) is 0.138. The summed E-state index contributed by atoms with van der Waals surface area (Å²) < 4.78 is 0.991. The van der Waals surface area contributed by atoms with Crippen LogP contribution in [0.5, 0.6) is 0 Å². The van der Waals surface area contributed by atoms with E-state index in [1.54, 1.807) is 24.5 Å². The zero-order valence-electron chi connectivity index (χ0n) is 11.9. The molecule has 2 heterocycles. The third-order valence-corrected chi connectivity index (χ3v) is 4.05. The second-order valence-corrected chi connectivity index (χ2v) is 6.03. The normalized spacial score (nSPS) is 10.8. The Morgan fingerprint density at radius 3 is 2.90 bits per heavy atom. The summed E-state index contributed by atoms with van der Waals surface area (Å²) in [7, 11) is 0. The maximum Gasteiger partial charge on any atom is 0.189 e. The van der Waals surface area contributed by atoms with Crippen molar-refractivity contribution in [1.82, 2.24) is 9.97 Å². The zero-order chi connectivity index (χ0) is 14.8. The largest absolute Gasteiger partial charge is 0.331 e. The molecule has 0 aliphatic rings. The summed E-state index contributed by atoms with van der Waals surface area (Å²) in [5.41, 5.74) is 3.85. The molecule has 0 saturated heterocycles. The third kappa shape index (κ3) is 3.08. The van der Waals surface area contributed by atoms with Crippen LogP contribution < -0.4 is 5.32 Å². The number of benzene rings is 1. The monoisotopic (exact) mass is 297 g/mol. The molecule has 1 aromatic carbocycles. The van der Waals surface area contributed by atoms with E-state index < -0.39 is 0 Å². The van der Waals surface area contributed by atoms with Gasteiger partial charge in [0.15, 0.2) is 10.8 Å². The lowest BCUT2D eigenvalue weighted by molar-refractivity contribution is -0.116. The lowest BCUT2D eigenvalue weighted by Crippen LogP contribution is -1.96. The molecule has 5 heteroatoms. The van der Waals surface area contributed by atoms with Gasteiger partial charge in [0.05, 0.1) is 4.70 Å². The fraction of sp³-hybridized carbons (Fsp3) is 0.188. The summed E-state index contributed by atoms with van der Waals surface area (Å²) in [5, 5.41) is 4.13. The minimum Gasteiger partial charge on any atom is -0.331 e. The predicted octanol–water partition coefficient (Wildman–Crippen LogP) is 3.87. The van der Waals surface area contributed by atoms with Crippen LogP contribution in [0, 0.1) is 6.92 Å². The fourth-order valence-corrected chi connectivity index (χ4v) is 3.03. The Balaban J connectivity index is 1.90. The minimum absolute atomic E-state index is 0.138. The highest BCUT2D eigenvalue weighted by Gasteiger charge is 2.08. The Hall–Kier alpha value is -2.27. The van der Waals surface area contributed by atoms with Gasteiger partial charge in [-0.2, -0.15) is 4.98 Å². The van der Waals surface area contributed by atoms with Gasteiger partial charge in [0.25, 0.3) is 0 Å². The van der Waals surface area contributed by atoms with E-state index >= 15 is 0 Å². The number of nitrogens with zero attached hydrogens (tertiary/aromatic N) is 2. The number of hydrogen-bond acceptors (Lipinski definition) is 5. The summed E-state index contributed by atoms with van der Waals surface area (Å²) >= 11 is 1.55. The van der Waals surface area contributed by atoms with Gasteiger partial charge in [-0.25, -0.2) is 4.98 Å². The lowest BCUT2D eigenvalue weighted by Gasteiger charge is -2.04. The molecule has 2 aromatic heterocycles. The van der Waals surface area contributed by atoms with Crippen LogP contribution >= 0.6 is 11.3 Å². The molecular weight excluding hydrogens is 282 g/mol. The Morgan fingerprint density at radius 1 is 1.33 bits per heavy atom. The van der Waals surface area contributed by atoms with E-state index in [2.05, 4.69) is 28.3 Å². The topological polar surface area (TPSA) is 54.9 Å². The number of nitrogens with one attached hydrogen (secondary N) is 1. The van der Waals surface area contributed by atoms with Crippen LogP contribution in [0.3, 0.4) is 0 Å². The number of pyridine rings is 1. The van der Waals surface area contributed by atoms with Crippen molar-refractivity contribution in [2.24, 2.45) is 0 Å². The molecule has 0 fully saturated rings. The van der Waals surface area contributed by atoms with Gasteiger partial charge in [0.1, 0.15) is 5.78 Å². The molecule has 4 nitrogen and oxygen atoms in total. The molecule has 3 aromatic rings. The van der Waals surface area contributed by atoms with Crippen molar-refractivity contribution < 1.29 is 4.79 Å². The first-order valence-corrected chi connectivity index (χ1v) is 7.51. The summed E-state index contributed by atoms with van der Waals surface area (Å²) in [6.07, 6.45) is 2.14. The number of Topliss-reactive ketones (excluding diaryl/α,β-unsaturated/α-hetero) is 1. The second kappa shape index (κ2) is 5.61. The van der Waals surface area contributed by atoms with Crippen molar-refractivity contribution in [1.29, 1.82) is 0 Å². The predicted molar refractivity (Wildman–Crippen MR) is 86.3 cm³/mol. The number of carbonyl (C=O) groups is 1. The van der Waals surface area contributed by atoms with E-state index in [0.29, 0.717) is 12.1 Å². The molecule has 0 amide bonds. The van der Waals surface area contributed by atoms with Crippen LogP contribution in [0.25, 0.3) is 10.3 Å². The smallest absolute Gasteiger partial charge is 0.189 e. The van der Waals surface area contributed by atoms with Gasteiger partial charge in [-0.15, -0.1) is 0 Å². The van der Waals surface area contributed by atoms with Gasteiger partial charge in [-0.3, -0.25) is 4.79 Å². The van der Waals surface area contributed by atoms with Gasteiger partial charge in [0.2, 0.25) is 0 Å². The standard InChI is InChI=1S/C16H15N3OS/c1-10-5-3-4-6-13(10)18-16-19-15-14(21-16)8-12(9-17-15)7-11(2)20/h3-6,8-9H,7H2,1-2H3,(H,17,18,19). The van der Waals surface area contributed by atoms with Crippen molar-refractivity contribution in [2.75, 3.05) is 5.32 Å². The van der Waals surface area contributed by atoms with Crippen LogP contribution in [-0.4, -0.2) is 15.8 Å². The van der Waals surface area contributed by atoms with Crippen LogP contribution in [0.1, 0.15) is 18.1 Å². The first-order valence-electron chi connectivity index (χ1n) is 6.69. The van der Waals surface area contributed by atoms with E-state index in [4.69, 9.17) is 0 Å². The van der Waals surface area contributed by atoms with Gasteiger partial charge in [-0.1, -0.05) is 29.5 Å². The lowest BCUT2D eigenvalue weighted by atomic mass is 10.1. The molecule has 1 N–H and O–H groups in total. The van der Waals surface area contributed by atoms with E-state index in [-0.39, 0.29) is 5.78 Å². The van der Waals surface area contributed by atoms with Crippen LogP contribution in [0.4, 0.5) is 10.8 Å². The molecular formula is C16H15N3OS. The molecule has 0 spiro atoms. The van der Waals surface area contributed by atoms with Gasteiger partial charge in [-0.05, 0) is 37.1 Å². The number of rotatable bonds is 4. The molecule has 0 aliphatic carbocycles. The molecule has 0 aliphatic heterocycles. The number of aryl methyl sites for hydroxylation is 1. The van der Waals surface area contributed by atoms with E-state index in [1.807, 2.05) is 24.3 Å². The van der Waals surface area contributed by atoms with Crippen molar-refractivity contribution in [3.63, 3.8) is 0 Å². The highest BCUT2D eigenvalue weighted by atomic mass is 32.1. The van der Waals surface area contributed by atoms with Gasteiger partial charge < -0.3 is 5.32 Å². The molecule has 0 bridgehead atoms. The molecule has 3 rings (SSSR count). The Morgan fingerprint density at radius 2 is 2.14 bits per heavy atom. The number of hydrogen-bond donors (Lipinski definition) is 1. The number of fused-ring (bicyclic) bond motifs is 1. The number of anilines is 2. The summed E-state index contributed by atoms with van der Waals surface area (Å²) in [6.45, 7) is 3.64. The molecule has 0 saturated carbocycles. The van der Waals surface area contributed by atoms with Crippen molar-refractivity contribution >= 4 is 38.3 Å². The SMILES string of the molecule is CC(=O)Cc1cnc2nc(Nc3ccccc3C)sc2c1. The molecule has 0 atom stereocenters. The van der Waals surface area contributed by atoms with E-state index in [9.17, 15) is 4.79 Å². The molecule has 106 valence electrons. The fourth-order valence-electron chi connectivity index (χ4n) is 2.13. The first kappa shape index (κ1) is 13.7. The highest BCUT2D eigenvalue weighted by Crippen LogP contribution is 2.28. The Bertz CT molecular complexity index is 810. The van der Waals surface area contributed by atoms with E-state index in [1.165, 1.54) is 5.56 Å². The average Bonchev–Trinajstić information content (AvgIpc) is 2.82. The van der Waals surface area contributed by atoms with Gasteiger partial charge in [0, 0.05) is 18.3 Å². The quantitative estimate of drug-likeness (QED) is 0.794. The maximum absolute atomic E-state index is 11.2. The minimum atomic E-state index is 0.138. The summed E-state index contributed by atoms with van der Waals surface area (Å²) in [4.78, 5) is 20.0. The number of thiazole rings is 1. The number of ketones is 1. The number of carbonyl (C=O) groups excluding carboxylic acids is 1. The van der Waals surface area contributed by atoms with Crippen molar-refractivity contribution in [3.8, 4) is 0 Å². The number of aromatic nitrogens is 2. The van der Waals surface area contributed by atoms with Crippen molar-refractivity contribution in [3.05, 3.63) is 47.7 Å². The van der Waals surface area contributed by atoms with Crippen LogP contribution in [0.2, 0.25) is 0 Å². The van der Waals surface area contributed by atoms with Crippen molar-refractivity contribution in [2.45, 2.75) is 20.3 Å². The summed E-state index contributed by atoms with van der Waals surface area (Å²) in [6, 6.07) is 10.1. The molecule has 21 heavy (non-hydrogen) atoms. The van der Waals surface area contributed by atoms with Crippen LogP contribution in [0.15, 0.2) is 36.5 Å². The average molecular weight is 297 g/mol. The number of para-hydroxylation sites is 1. The van der Waals surface area contributed by atoms with Gasteiger partial charge >= 0.3 is 0 Å². The zero-order valence-corrected chi connectivity index (χ0v) is 12.7. The Labute approximate surface area is 126 Å². The maximum atomic E-state index is 11.2. The second-order valence-electron chi connectivity index (χ2n) is 5.00. The first-order chi connectivity index (χ1) is 10.1. The van der Waals surface area contributed by atoms with Crippen LogP contribution in [-0.2, 0) is 11.2 Å².